The normalized spacial score (nSPS) is 13.4. The molecule has 0 bridgehead atoms. The quantitative estimate of drug-likeness (QED) is 0.407. The van der Waals surface area contributed by atoms with E-state index in [4.69, 9.17) is 23.2 Å². The summed E-state index contributed by atoms with van der Waals surface area (Å²) in [4.78, 5) is 32.0. The number of nitrogens with zero attached hydrogens (tertiary/aromatic N) is 4. The van der Waals surface area contributed by atoms with Crippen LogP contribution in [0.2, 0.25) is 10.0 Å². The molecule has 0 unspecified atom stereocenters. The highest BCUT2D eigenvalue weighted by atomic mass is 35.5. The SMILES string of the molecule is Cc1ccccc1-n1nc(C)c2c3c(cnc21)C(=O)N(c1ccc(Cl)cc1Cl)C3=O. The molecule has 0 saturated heterocycles. The zero-order valence-corrected chi connectivity index (χ0v) is 17.5. The van der Waals surface area contributed by atoms with E-state index in [9.17, 15) is 9.59 Å². The highest BCUT2D eigenvalue weighted by Gasteiger charge is 2.40. The average Bonchev–Trinajstić information content (AvgIpc) is 3.17. The van der Waals surface area contributed by atoms with E-state index < -0.39 is 11.8 Å². The summed E-state index contributed by atoms with van der Waals surface area (Å²) in [5, 5.41) is 5.80. The minimum atomic E-state index is -0.475. The Balaban J connectivity index is 1.74. The van der Waals surface area contributed by atoms with Gasteiger partial charge in [0.1, 0.15) is 0 Å². The van der Waals surface area contributed by atoms with Crippen LogP contribution in [-0.2, 0) is 0 Å². The molecule has 2 amide bonds. The summed E-state index contributed by atoms with van der Waals surface area (Å²) in [6.45, 7) is 3.78. The number of hydrogen-bond donors (Lipinski definition) is 0. The third-order valence-electron chi connectivity index (χ3n) is 5.22. The summed E-state index contributed by atoms with van der Waals surface area (Å²) in [6, 6.07) is 12.4. The minimum absolute atomic E-state index is 0.216. The van der Waals surface area contributed by atoms with Crippen LogP contribution < -0.4 is 4.90 Å². The lowest BCUT2D eigenvalue weighted by Gasteiger charge is -2.15. The van der Waals surface area contributed by atoms with Crippen molar-refractivity contribution in [3.05, 3.63) is 81.1 Å². The third-order valence-corrected chi connectivity index (χ3v) is 5.75. The van der Waals surface area contributed by atoms with Gasteiger partial charge < -0.3 is 0 Å². The van der Waals surface area contributed by atoms with Gasteiger partial charge in [-0.15, -0.1) is 0 Å². The number of hydrogen-bond acceptors (Lipinski definition) is 4. The van der Waals surface area contributed by atoms with Gasteiger partial charge in [-0.05, 0) is 43.7 Å². The molecular formula is C22H14Cl2N4O2. The van der Waals surface area contributed by atoms with Crippen molar-refractivity contribution in [1.29, 1.82) is 0 Å². The first-order valence-corrected chi connectivity index (χ1v) is 9.92. The van der Waals surface area contributed by atoms with Gasteiger partial charge in [-0.1, -0.05) is 41.4 Å². The summed E-state index contributed by atoms with van der Waals surface area (Å²) in [5.41, 5.74) is 3.80. The minimum Gasteiger partial charge on any atom is -0.268 e. The molecule has 4 aromatic rings. The fourth-order valence-corrected chi connectivity index (χ4v) is 4.30. The maximum absolute atomic E-state index is 13.4. The van der Waals surface area contributed by atoms with Gasteiger partial charge in [0, 0.05) is 11.2 Å². The molecule has 1 aliphatic rings. The molecule has 5 rings (SSSR count). The smallest absolute Gasteiger partial charge is 0.267 e. The standard InChI is InChI=1S/C22H14Cl2N4O2/c1-11-5-3-4-6-16(11)28-20-18(12(2)26-28)19-14(10-25-20)21(29)27(22(19)30)17-8-7-13(23)9-15(17)24/h3-10H,1-2H3. The Bertz CT molecular complexity index is 1390. The molecule has 8 heteroatoms. The molecule has 6 nitrogen and oxygen atoms in total. The molecule has 1 aliphatic heterocycles. The van der Waals surface area contributed by atoms with Crippen molar-refractivity contribution >= 4 is 51.7 Å². The summed E-state index contributed by atoms with van der Waals surface area (Å²) in [7, 11) is 0. The molecule has 0 radical (unpaired) electrons. The lowest BCUT2D eigenvalue weighted by molar-refractivity contribution is 0.0926. The van der Waals surface area contributed by atoms with Crippen LogP contribution in [0.5, 0.6) is 0 Å². The molecular weight excluding hydrogens is 423 g/mol. The number of aromatic nitrogens is 3. The van der Waals surface area contributed by atoms with Crippen LogP contribution in [0.15, 0.2) is 48.7 Å². The molecule has 148 valence electrons. The number of amides is 2. The fourth-order valence-electron chi connectivity index (χ4n) is 3.81. The van der Waals surface area contributed by atoms with E-state index in [0.29, 0.717) is 21.7 Å². The van der Waals surface area contributed by atoms with E-state index in [1.165, 1.54) is 12.3 Å². The second kappa shape index (κ2) is 6.65. The van der Waals surface area contributed by atoms with E-state index in [2.05, 4.69) is 10.1 Å². The number of imide groups is 1. The van der Waals surface area contributed by atoms with E-state index in [1.54, 1.807) is 23.7 Å². The van der Waals surface area contributed by atoms with Gasteiger partial charge in [0.2, 0.25) is 0 Å². The van der Waals surface area contributed by atoms with Crippen LogP contribution in [0.25, 0.3) is 16.7 Å². The number of rotatable bonds is 2. The first-order valence-electron chi connectivity index (χ1n) is 9.16. The number of halogens is 2. The first kappa shape index (κ1) is 18.8. The van der Waals surface area contributed by atoms with Crippen molar-refractivity contribution in [2.45, 2.75) is 13.8 Å². The van der Waals surface area contributed by atoms with Gasteiger partial charge in [-0.2, -0.15) is 5.10 Å². The zero-order chi connectivity index (χ0) is 21.2. The molecule has 3 heterocycles. The highest BCUT2D eigenvalue weighted by molar-refractivity contribution is 6.42. The predicted octanol–water partition coefficient (Wildman–Crippen LogP) is 5.14. The van der Waals surface area contributed by atoms with Gasteiger partial charge in [0.15, 0.2) is 5.65 Å². The van der Waals surface area contributed by atoms with Crippen LogP contribution in [0.1, 0.15) is 32.0 Å². The monoisotopic (exact) mass is 436 g/mol. The van der Waals surface area contributed by atoms with Crippen molar-refractivity contribution in [2.75, 3.05) is 4.90 Å². The second-order valence-electron chi connectivity index (χ2n) is 7.07. The third kappa shape index (κ3) is 2.57. The predicted molar refractivity (Wildman–Crippen MR) is 116 cm³/mol. The number of benzene rings is 2. The van der Waals surface area contributed by atoms with E-state index in [0.717, 1.165) is 16.2 Å². The van der Waals surface area contributed by atoms with Crippen LogP contribution >= 0.6 is 23.2 Å². The summed E-state index contributed by atoms with van der Waals surface area (Å²) in [6.07, 6.45) is 1.43. The van der Waals surface area contributed by atoms with E-state index in [-0.39, 0.29) is 21.8 Å². The van der Waals surface area contributed by atoms with Crippen molar-refractivity contribution in [3.8, 4) is 5.69 Å². The highest BCUT2D eigenvalue weighted by Crippen LogP contribution is 2.38. The Kier molecular flexibility index (Phi) is 4.17. The summed E-state index contributed by atoms with van der Waals surface area (Å²) in [5.74, 6) is -0.935. The Labute approximate surface area is 181 Å². The van der Waals surface area contributed by atoms with Crippen molar-refractivity contribution in [3.63, 3.8) is 0 Å². The Hall–Kier alpha value is -3.22. The first-order chi connectivity index (χ1) is 14.4. The van der Waals surface area contributed by atoms with Crippen molar-refractivity contribution in [1.82, 2.24) is 14.8 Å². The van der Waals surface area contributed by atoms with Crippen LogP contribution in [0.3, 0.4) is 0 Å². The molecule has 0 saturated carbocycles. The Morgan fingerprint density at radius 3 is 2.43 bits per heavy atom. The van der Waals surface area contributed by atoms with E-state index >= 15 is 0 Å². The molecule has 2 aromatic heterocycles. The van der Waals surface area contributed by atoms with Crippen molar-refractivity contribution in [2.24, 2.45) is 0 Å². The molecule has 0 spiro atoms. The van der Waals surface area contributed by atoms with Gasteiger partial charge >= 0.3 is 0 Å². The summed E-state index contributed by atoms with van der Waals surface area (Å²) >= 11 is 12.2. The molecule has 0 aliphatic carbocycles. The molecule has 0 N–H and O–H groups in total. The van der Waals surface area contributed by atoms with Gasteiger partial charge in [-0.3, -0.25) is 9.59 Å². The average molecular weight is 437 g/mol. The molecule has 2 aromatic carbocycles. The molecule has 30 heavy (non-hydrogen) atoms. The summed E-state index contributed by atoms with van der Waals surface area (Å²) < 4.78 is 1.70. The number of carbonyl (C=O) groups excluding carboxylic acids is 2. The van der Waals surface area contributed by atoms with Crippen LogP contribution in [0, 0.1) is 13.8 Å². The number of anilines is 1. The Morgan fingerprint density at radius 2 is 1.70 bits per heavy atom. The Morgan fingerprint density at radius 1 is 0.933 bits per heavy atom. The number of para-hydroxylation sites is 1. The topological polar surface area (TPSA) is 68.1 Å². The van der Waals surface area contributed by atoms with Crippen LogP contribution in [0.4, 0.5) is 5.69 Å². The van der Waals surface area contributed by atoms with Gasteiger partial charge in [0.05, 0.1) is 38.6 Å². The lowest BCUT2D eigenvalue weighted by atomic mass is 10.1. The van der Waals surface area contributed by atoms with Crippen molar-refractivity contribution < 1.29 is 9.59 Å². The number of pyridine rings is 1. The second-order valence-corrected chi connectivity index (χ2v) is 7.91. The van der Waals surface area contributed by atoms with Crippen LogP contribution in [-0.4, -0.2) is 26.6 Å². The maximum atomic E-state index is 13.4. The van der Waals surface area contributed by atoms with E-state index in [1.807, 2.05) is 31.2 Å². The number of aryl methyl sites for hydroxylation is 2. The van der Waals surface area contributed by atoms with Gasteiger partial charge in [-0.25, -0.2) is 14.6 Å². The van der Waals surface area contributed by atoms with Gasteiger partial charge in [0.25, 0.3) is 11.8 Å². The zero-order valence-electron chi connectivity index (χ0n) is 16.0. The molecule has 0 fully saturated rings. The number of carbonyl (C=O) groups is 2. The lowest BCUT2D eigenvalue weighted by Crippen LogP contribution is -2.29. The molecule has 0 atom stereocenters. The number of fused-ring (bicyclic) bond motifs is 3. The fraction of sp³-hybridized carbons (Fsp3) is 0.0909. The largest absolute Gasteiger partial charge is 0.268 e. The maximum Gasteiger partial charge on any atom is 0.267 e.